The quantitative estimate of drug-likeness (QED) is 0.349. The SMILES string of the molecule is C=C[CH2-].S.[Zn]. The fourth-order valence-electron chi connectivity index (χ4n) is 0. The van der Waals surface area contributed by atoms with Gasteiger partial charge in [-0.1, -0.05) is 0 Å². The van der Waals surface area contributed by atoms with E-state index in [-0.39, 0.29) is 33.0 Å². The summed E-state index contributed by atoms with van der Waals surface area (Å²) in [5, 5.41) is 0. The average Bonchev–Trinajstić information content (AvgIpc) is 0.918. The van der Waals surface area contributed by atoms with Gasteiger partial charge >= 0.3 is 0 Å². The molecule has 5 heavy (non-hydrogen) atoms. The zero-order valence-corrected chi connectivity index (χ0v) is 7.17. The summed E-state index contributed by atoms with van der Waals surface area (Å²) in [7, 11) is 0. The van der Waals surface area contributed by atoms with E-state index in [2.05, 4.69) is 13.5 Å². The molecule has 0 aromatic rings. The van der Waals surface area contributed by atoms with Crippen molar-refractivity contribution in [3.8, 4) is 0 Å². The van der Waals surface area contributed by atoms with Crippen LogP contribution >= 0.6 is 13.5 Å². The second kappa shape index (κ2) is 23.5. The van der Waals surface area contributed by atoms with E-state index in [1.165, 1.54) is 6.08 Å². The number of hydrogen-bond acceptors (Lipinski definition) is 0. The Kier molecular flexibility index (Phi) is 82.5. The van der Waals surface area contributed by atoms with Gasteiger partial charge < -0.3 is 0 Å². The topological polar surface area (TPSA) is 0 Å². The minimum Gasteiger partial charge on any atom is -0.245 e. The fraction of sp³-hybridized carbons (Fsp3) is 0. The molecule has 0 aromatic carbocycles. The summed E-state index contributed by atoms with van der Waals surface area (Å²) in [6, 6.07) is 0. The Bertz CT molecular complexity index is 14.4. The zero-order valence-electron chi connectivity index (χ0n) is 3.20. The molecule has 0 aliphatic rings. The van der Waals surface area contributed by atoms with E-state index in [4.69, 9.17) is 0 Å². The Labute approximate surface area is 52.9 Å². The van der Waals surface area contributed by atoms with Gasteiger partial charge in [-0.05, 0) is 0 Å². The molecule has 0 aliphatic heterocycles. The summed E-state index contributed by atoms with van der Waals surface area (Å²) in [5.74, 6) is 0. The molecule has 0 saturated heterocycles. The smallest absolute Gasteiger partial charge is 0 e. The van der Waals surface area contributed by atoms with Crippen molar-refractivity contribution in [3.63, 3.8) is 0 Å². The Balaban J connectivity index is -0.0000000200. The van der Waals surface area contributed by atoms with Crippen LogP contribution in [-0.4, -0.2) is 0 Å². The molecule has 0 heterocycles. The third-order valence-corrected chi connectivity index (χ3v) is 0. The van der Waals surface area contributed by atoms with Gasteiger partial charge in [0.15, 0.2) is 0 Å². The van der Waals surface area contributed by atoms with Crippen LogP contribution in [0.5, 0.6) is 0 Å². The van der Waals surface area contributed by atoms with Crippen molar-refractivity contribution in [2.24, 2.45) is 0 Å². The first kappa shape index (κ1) is 17.6. The van der Waals surface area contributed by atoms with Crippen LogP contribution in [0.2, 0.25) is 0 Å². The Hall–Kier alpha value is 0.583. The van der Waals surface area contributed by atoms with Gasteiger partial charge in [0.25, 0.3) is 0 Å². The maximum Gasteiger partial charge on any atom is 0 e. The molecule has 0 spiro atoms. The van der Waals surface area contributed by atoms with E-state index in [9.17, 15) is 0 Å². The normalized spacial score (nSPS) is 2.40. The Morgan fingerprint density at radius 3 is 1.60 bits per heavy atom. The van der Waals surface area contributed by atoms with Gasteiger partial charge in [-0.3, -0.25) is 0 Å². The van der Waals surface area contributed by atoms with Gasteiger partial charge in [0, 0.05) is 19.5 Å². The van der Waals surface area contributed by atoms with Crippen molar-refractivity contribution in [3.05, 3.63) is 19.6 Å². The molecule has 0 aliphatic carbocycles. The predicted molar refractivity (Wildman–Crippen MR) is 25.9 cm³/mol. The van der Waals surface area contributed by atoms with E-state index in [0.29, 0.717) is 0 Å². The molecule has 0 atom stereocenters. The minimum absolute atomic E-state index is 0. The molecule has 28 valence electrons. The zero-order chi connectivity index (χ0) is 2.71. The first-order valence-corrected chi connectivity index (χ1v) is 0.816. The standard InChI is InChI=1S/C3H5.H2S.Zn/c1-3-2;;/h3H,1-2H2;1H2;/q-1;;. The molecule has 0 rings (SSSR count). The van der Waals surface area contributed by atoms with Crippen molar-refractivity contribution in [2.75, 3.05) is 0 Å². The summed E-state index contributed by atoms with van der Waals surface area (Å²) >= 11 is 0. The summed E-state index contributed by atoms with van der Waals surface area (Å²) in [6.07, 6.45) is 1.50. The van der Waals surface area contributed by atoms with Crippen LogP contribution in [0.15, 0.2) is 12.7 Å². The number of rotatable bonds is 0. The van der Waals surface area contributed by atoms with E-state index in [1.54, 1.807) is 0 Å². The molecule has 0 saturated carbocycles. The van der Waals surface area contributed by atoms with Crippen LogP contribution in [0.25, 0.3) is 0 Å². The number of allylic oxidation sites excluding steroid dienone is 1. The van der Waals surface area contributed by atoms with E-state index < -0.39 is 0 Å². The molecule has 0 amide bonds. The second-order valence-corrected chi connectivity index (χ2v) is 0.289. The molecule has 0 N–H and O–H groups in total. The monoisotopic (exact) mass is 139 g/mol. The predicted octanol–water partition coefficient (Wildman–Crippen LogP) is 1.12. The van der Waals surface area contributed by atoms with Crippen LogP contribution in [0.3, 0.4) is 0 Å². The van der Waals surface area contributed by atoms with Gasteiger partial charge in [-0.25, -0.2) is 19.6 Å². The van der Waals surface area contributed by atoms with E-state index in [1.807, 2.05) is 0 Å². The van der Waals surface area contributed by atoms with Gasteiger partial charge in [0.1, 0.15) is 0 Å². The molecule has 0 bridgehead atoms. The van der Waals surface area contributed by atoms with Crippen LogP contribution in [-0.2, 0) is 19.5 Å². The minimum atomic E-state index is 0. The summed E-state index contributed by atoms with van der Waals surface area (Å²) in [6.45, 7) is 6.50. The third-order valence-electron chi connectivity index (χ3n) is 0. The van der Waals surface area contributed by atoms with E-state index >= 15 is 0 Å². The van der Waals surface area contributed by atoms with Crippen LogP contribution in [0, 0.1) is 6.92 Å². The molecule has 0 radical (unpaired) electrons. The molecule has 0 aromatic heterocycles. The summed E-state index contributed by atoms with van der Waals surface area (Å²) < 4.78 is 0. The van der Waals surface area contributed by atoms with Gasteiger partial charge in [-0.15, -0.1) is 0 Å². The van der Waals surface area contributed by atoms with E-state index in [0.717, 1.165) is 0 Å². The molecule has 2 heteroatoms. The first-order chi connectivity index (χ1) is 1.41. The van der Waals surface area contributed by atoms with Crippen molar-refractivity contribution in [2.45, 2.75) is 0 Å². The molecule has 0 nitrogen and oxygen atoms in total. The molecular formula is C3H7SZn-. The molecule has 0 fully saturated rings. The van der Waals surface area contributed by atoms with Crippen molar-refractivity contribution < 1.29 is 19.5 Å². The second-order valence-electron chi connectivity index (χ2n) is 0.289. The largest absolute Gasteiger partial charge is 0.245 e. The van der Waals surface area contributed by atoms with Crippen molar-refractivity contribution in [1.29, 1.82) is 0 Å². The molecular weight excluding hydrogens is 133 g/mol. The van der Waals surface area contributed by atoms with Gasteiger partial charge in [0.2, 0.25) is 0 Å². The Morgan fingerprint density at radius 2 is 1.60 bits per heavy atom. The fourth-order valence-corrected chi connectivity index (χ4v) is 0. The van der Waals surface area contributed by atoms with Crippen LogP contribution in [0.1, 0.15) is 0 Å². The van der Waals surface area contributed by atoms with Gasteiger partial charge in [0.05, 0.1) is 0 Å². The first-order valence-electron chi connectivity index (χ1n) is 0.816. The van der Waals surface area contributed by atoms with Crippen molar-refractivity contribution >= 4 is 13.5 Å². The van der Waals surface area contributed by atoms with Crippen molar-refractivity contribution in [1.82, 2.24) is 0 Å². The maximum atomic E-state index is 3.25. The van der Waals surface area contributed by atoms with Crippen LogP contribution < -0.4 is 0 Å². The summed E-state index contributed by atoms with van der Waals surface area (Å²) in [5.41, 5.74) is 0. The van der Waals surface area contributed by atoms with Crippen LogP contribution in [0.4, 0.5) is 0 Å². The van der Waals surface area contributed by atoms with Gasteiger partial charge in [-0.2, -0.15) is 13.5 Å². The molecule has 0 unspecified atom stereocenters. The Morgan fingerprint density at radius 1 is 1.60 bits per heavy atom. The third kappa shape index (κ3) is 89.9. The maximum absolute atomic E-state index is 3.25. The average molecular weight is 141 g/mol. The summed E-state index contributed by atoms with van der Waals surface area (Å²) in [4.78, 5) is 0. The number of hydrogen-bond donors (Lipinski definition) is 0.